The number of aromatic nitrogens is 2. The molecule has 0 bridgehead atoms. The van der Waals surface area contributed by atoms with Crippen LogP contribution < -0.4 is 5.32 Å². The topological polar surface area (TPSA) is 57.8 Å². The van der Waals surface area contributed by atoms with Gasteiger partial charge in [-0.3, -0.25) is 4.79 Å². The number of hydrogen-bond donors (Lipinski definition) is 2. The van der Waals surface area contributed by atoms with E-state index in [2.05, 4.69) is 27.1 Å². The third-order valence-corrected chi connectivity index (χ3v) is 2.46. The van der Waals surface area contributed by atoms with Crippen LogP contribution in [0, 0.1) is 11.8 Å². The second kappa shape index (κ2) is 5.17. The molecule has 0 aliphatic carbocycles. The molecule has 0 aliphatic rings. The van der Waals surface area contributed by atoms with Crippen LogP contribution in [0.25, 0.3) is 11.0 Å². The van der Waals surface area contributed by atoms with Crippen molar-refractivity contribution >= 4 is 16.9 Å². The number of carbonyl (C=O) groups excluding carboxylic acids is 1. The van der Waals surface area contributed by atoms with Gasteiger partial charge in [-0.05, 0) is 37.0 Å². The minimum atomic E-state index is -0.231. The molecule has 0 aromatic carbocycles. The van der Waals surface area contributed by atoms with Gasteiger partial charge in [0, 0.05) is 24.3 Å². The second-order valence-corrected chi connectivity index (χ2v) is 3.59. The largest absolute Gasteiger partial charge is 0.346 e. The molecule has 0 saturated heterocycles. The summed E-state index contributed by atoms with van der Waals surface area (Å²) >= 11 is 0. The Hall–Kier alpha value is -2.28. The molecule has 1 amide bonds. The highest BCUT2D eigenvalue weighted by molar-refractivity contribution is 5.93. The van der Waals surface area contributed by atoms with E-state index in [1.54, 1.807) is 13.1 Å². The second-order valence-electron chi connectivity index (χ2n) is 3.59. The highest BCUT2D eigenvalue weighted by Crippen LogP contribution is 2.15. The summed E-state index contributed by atoms with van der Waals surface area (Å²) in [6.45, 7) is 2.22. The van der Waals surface area contributed by atoms with E-state index in [9.17, 15) is 4.79 Å². The fourth-order valence-corrected chi connectivity index (χ4v) is 1.69. The normalized spacial score (nSPS) is 9.71. The summed E-state index contributed by atoms with van der Waals surface area (Å²) in [6, 6.07) is 3.92. The number of pyridine rings is 1. The van der Waals surface area contributed by atoms with E-state index in [4.69, 9.17) is 0 Å². The number of nitrogens with one attached hydrogen (secondary N) is 2. The summed E-state index contributed by atoms with van der Waals surface area (Å²) in [5.41, 5.74) is 2.03. The molecule has 4 heteroatoms. The summed E-state index contributed by atoms with van der Waals surface area (Å²) in [4.78, 5) is 18.4. The van der Waals surface area contributed by atoms with E-state index in [-0.39, 0.29) is 5.91 Å². The third kappa shape index (κ3) is 2.64. The van der Waals surface area contributed by atoms with Crippen molar-refractivity contribution in [3.63, 3.8) is 0 Å². The highest BCUT2D eigenvalue weighted by Gasteiger charge is 2.03. The van der Waals surface area contributed by atoms with E-state index >= 15 is 0 Å². The molecule has 0 fully saturated rings. The number of amides is 1. The van der Waals surface area contributed by atoms with Crippen LogP contribution in [0.1, 0.15) is 12.5 Å². The molecule has 0 spiro atoms. The van der Waals surface area contributed by atoms with Crippen LogP contribution in [0.2, 0.25) is 0 Å². The molecule has 2 aromatic heterocycles. The molecule has 0 unspecified atom stereocenters. The minimum absolute atomic E-state index is 0.231. The molecule has 2 heterocycles. The van der Waals surface area contributed by atoms with Gasteiger partial charge in [-0.25, -0.2) is 4.98 Å². The lowest BCUT2D eigenvalue weighted by Gasteiger charge is -1.99. The average Bonchev–Trinajstić information content (AvgIpc) is 2.73. The Bertz CT molecular complexity index is 589. The predicted octanol–water partition coefficient (Wildman–Crippen LogP) is 1.24. The lowest BCUT2D eigenvalue weighted by Crippen LogP contribution is -2.23. The van der Waals surface area contributed by atoms with Crippen LogP contribution >= 0.6 is 0 Å². The van der Waals surface area contributed by atoms with Crippen molar-refractivity contribution in [1.29, 1.82) is 0 Å². The Labute approximate surface area is 99.4 Å². The van der Waals surface area contributed by atoms with Crippen molar-refractivity contribution < 1.29 is 4.79 Å². The van der Waals surface area contributed by atoms with Crippen LogP contribution in [0.4, 0.5) is 0 Å². The summed E-state index contributed by atoms with van der Waals surface area (Å²) < 4.78 is 0. The van der Waals surface area contributed by atoms with Crippen molar-refractivity contribution in [2.75, 3.05) is 6.54 Å². The van der Waals surface area contributed by atoms with Gasteiger partial charge in [-0.1, -0.05) is 5.92 Å². The number of H-pyrrole nitrogens is 1. The molecule has 2 rings (SSSR count). The van der Waals surface area contributed by atoms with Crippen LogP contribution in [-0.2, 0) is 11.2 Å². The third-order valence-electron chi connectivity index (χ3n) is 2.46. The van der Waals surface area contributed by atoms with Gasteiger partial charge in [-0.15, -0.1) is 0 Å². The summed E-state index contributed by atoms with van der Waals surface area (Å²) in [7, 11) is 0. The lowest BCUT2D eigenvalue weighted by molar-refractivity contribution is -0.115. The zero-order chi connectivity index (χ0) is 12.1. The maximum Gasteiger partial charge on any atom is 0.295 e. The Balaban J connectivity index is 1.99. The van der Waals surface area contributed by atoms with Crippen LogP contribution in [-0.4, -0.2) is 22.4 Å². The Kier molecular flexibility index (Phi) is 3.41. The number of carbonyl (C=O) groups is 1. The SMILES string of the molecule is CC#CC(=O)NCCc1c[nH]c2ncccc12. The zero-order valence-electron chi connectivity index (χ0n) is 9.58. The molecule has 17 heavy (non-hydrogen) atoms. The van der Waals surface area contributed by atoms with Crippen LogP contribution in [0.15, 0.2) is 24.5 Å². The standard InChI is InChI=1S/C13H13N3O/c1-2-4-12(17)14-8-6-10-9-16-13-11(10)5-3-7-15-13/h3,5,7,9H,6,8H2,1H3,(H,14,17)(H,15,16). The van der Waals surface area contributed by atoms with Gasteiger partial charge in [-0.2, -0.15) is 0 Å². The Morgan fingerprint density at radius 1 is 1.59 bits per heavy atom. The number of nitrogens with zero attached hydrogens (tertiary/aromatic N) is 1. The van der Waals surface area contributed by atoms with Gasteiger partial charge in [0.2, 0.25) is 0 Å². The smallest absolute Gasteiger partial charge is 0.295 e. The Morgan fingerprint density at radius 2 is 2.47 bits per heavy atom. The fraction of sp³-hybridized carbons (Fsp3) is 0.231. The first kappa shape index (κ1) is 11.2. The fourth-order valence-electron chi connectivity index (χ4n) is 1.69. The number of fused-ring (bicyclic) bond motifs is 1. The van der Waals surface area contributed by atoms with E-state index in [0.717, 1.165) is 23.0 Å². The number of aromatic amines is 1. The molecule has 0 saturated carbocycles. The monoisotopic (exact) mass is 227 g/mol. The molecular formula is C13H13N3O. The van der Waals surface area contributed by atoms with Crippen molar-refractivity contribution in [2.24, 2.45) is 0 Å². The van der Waals surface area contributed by atoms with Crippen molar-refractivity contribution in [3.8, 4) is 11.8 Å². The summed E-state index contributed by atoms with van der Waals surface area (Å²) in [6.07, 6.45) is 4.44. The zero-order valence-corrected chi connectivity index (χ0v) is 9.58. The van der Waals surface area contributed by atoms with Gasteiger partial charge < -0.3 is 10.3 Å². The molecule has 0 atom stereocenters. The van der Waals surface area contributed by atoms with Gasteiger partial charge in [0.15, 0.2) is 0 Å². The molecule has 2 N–H and O–H groups in total. The average molecular weight is 227 g/mol. The molecular weight excluding hydrogens is 214 g/mol. The quantitative estimate of drug-likeness (QED) is 0.775. The maximum absolute atomic E-state index is 11.1. The minimum Gasteiger partial charge on any atom is -0.346 e. The van der Waals surface area contributed by atoms with Crippen LogP contribution in [0.3, 0.4) is 0 Å². The molecule has 4 nitrogen and oxygen atoms in total. The van der Waals surface area contributed by atoms with E-state index in [0.29, 0.717) is 6.54 Å². The summed E-state index contributed by atoms with van der Waals surface area (Å²) in [5, 5.41) is 3.84. The lowest BCUT2D eigenvalue weighted by atomic mass is 10.1. The van der Waals surface area contributed by atoms with Gasteiger partial charge in [0.05, 0.1) is 0 Å². The first-order chi connectivity index (χ1) is 8.31. The van der Waals surface area contributed by atoms with Crippen LogP contribution in [0.5, 0.6) is 0 Å². The van der Waals surface area contributed by atoms with Gasteiger partial charge >= 0.3 is 0 Å². The molecule has 0 radical (unpaired) electrons. The first-order valence-corrected chi connectivity index (χ1v) is 5.43. The van der Waals surface area contributed by atoms with E-state index in [1.807, 2.05) is 18.3 Å². The molecule has 2 aromatic rings. The number of rotatable bonds is 3. The van der Waals surface area contributed by atoms with Crippen molar-refractivity contribution in [1.82, 2.24) is 15.3 Å². The number of hydrogen-bond acceptors (Lipinski definition) is 2. The van der Waals surface area contributed by atoms with Crippen molar-refractivity contribution in [2.45, 2.75) is 13.3 Å². The summed E-state index contributed by atoms with van der Waals surface area (Å²) in [5.74, 6) is 4.77. The predicted molar refractivity (Wildman–Crippen MR) is 66.3 cm³/mol. The molecule has 86 valence electrons. The van der Waals surface area contributed by atoms with E-state index < -0.39 is 0 Å². The van der Waals surface area contributed by atoms with Gasteiger partial charge in [0.1, 0.15) is 5.65 Å². The van der Waals surface area contributed by atoms with Gasteiger partial charge in [0.25, 0.3) is 5.91 Å². The van der Waals surface area contributed by atoms with E-state index in [1.165, 1.54) is 0 Å². The first-order valence-electron chi connectivity index (χ1n) is 5.43. The Morgan fingerprint density at radius 3 is 3.29 bits per heavy atom. The highest BCUT2D eigenvalue weighted by atomic mass is 16.1. The maximum atomic E-state index is 11.1. The van der Waals surface area contributed by atoms with Crippen molar-refractivity contribution in [3.05, 3.63) is 30.1 Å². The molecule has 0 aliphatic heterocycles.